The molecule has 1 aromatic carbocycles. The van der Waals surface area contributed by atoms with Crippen molar-refractivity contribution in [2.75, 3.05) is 0 Å². The molecule has 0 fully saturated rings. The number of nitrogens with one attached hydrogen (secondary N) is 1. The number of hydrogen-bond donors (Lipinski definition) is 2. The predicted octanol–water partition coefficient (Wildman–Crippen LogP) is 2.66. The normalized spacial score (nSPS) is 13.1. The number of rotatable bonds is 3. The summed E-state index contributed by atoms with van der Waals surface area (Å²) in [7, 11) is 0. The first kappa shape index (κ1) is 11.5. The molecule has 0 radical (unpaired) electrons. The van der Waals surface area contributed by atoms with Crippen molar-refractivity contribution >= 4 is 6.08 Å². The van der Waals surface area contributed by atoms with Gasteiger partial charge in [0, 0.05) is 12.4 Å². The van der Waals surface area contributed by atoms with Crippen molar-refractivity contribution < 1.29 is 9.50 Å². The van der Waals surface area contributed by atoms with Crippen LogP contribution in [0.3, 0.4) is 0 Å². The van der Waals surface area contributed by atoms with Crippen molar-refractivity contribution in [2.24, 2.45) is 0 Å². The molecule has 0 spiro atoms. The van der Waals surface area contributed by atoms with Gasteiger partial charge in [-0.2, -0.15) is 0 Å². The lowest BCUT2D eigenvalue weighted by molar-refractivity contribution is 0.210. The van der Waals surface area contributed by atoms with Gasteiger partial charge >= 0.3 is 0 Å². The Balaban J connectivity index is 2.44. The number of hydrogen-bond acceptors (Lipinski definition) is 2. The zero-order valence-corrected chi connectivity index (χ0v) is 9.39. The van der Waals surface area contributed by atoms with Gasteiger partial charge in [0.1, 0.15) is 17.7 Å². The molecule has 1 atom stereocenters. The topological polar surface area (TPSA) is 48.9 Å². The Hall–Kier alpha value is -1.94. The summed E-state index contributed by atoms with van der Waals surface area (Å²) in [5.41, 5.74) is 1.27. The summed E-state index contributed by atoms with van der Waals surface area (Å²) in [4.78, 5) is 6.83. The van der Waals surface area contributed by atoms with Crippen LogP contribution in [0.4, 0.5) is 4.39 Å². The van der Waals surface area contributed by atoms with Crippen molar-refractivity contribution in [3.8, 4) is 0 Å². The van der Waals surface area contributed by atoms with E-state index in [0.29, 0.717) is 17.0 Å². The molecule has 1 aromatic heterocycles. The van der Waals surface area contributed by atoms with Crippen LogP contribution in [-0.4, -0.2) is 15.1 Å². The number of imidazole rings is 1. The molecule has 1 unspecified atom stereocenters. The van der Waals surface area contributed by atoms with Crippen molar-refractivity contribution in [2.45, 2.75) is 13.0 Å². The molecular weight excluding hydrogens is 219 g/mol. The molecule has 4 heteroatoms. The summed E-state index contributed by atoms with van der Waals surface area (Å²) >= 11 is 0. The van der Waals surface area contributed by atoms with Crippen LogP contribution in [0.25, 0.3) is 6.08 Å². The zero-order valence-electron chi connectivity index (χ0n) is 9.39. The third-order valence-corrected chi connectivity index (χ3v) is 2.47. The number of nitrogens with zero attached hydrogens (tertiary/aromatic N) is 1. The second kappa shape index (κ2) is 4.93. The van der Waals surface area contributed by atoms with Gasteiger partial charge in [0.2, 0.25) is 0 Å². The summed E-state index contributed by atoms with van der Waals surface area (Å²) in [6.45, 7) is 1.84. The Kier molecular flexibility index (Phi) is 3.35. The molecule has 0 saturated heterocycles. The number of aliphatic hydroxyl groups is 1. The van der Waals surface area contributed by atoms with E-state index >= 15 is 0 Å². The monoisotopic (exact) mass is 232 g/mol. The Morgan fingerprint density at radius 2 is 2.29 bits per heavy atom. The van der Waals surface area contributed by atoms with Gasteiger partial charge in [0.25, 0.3) is 0 Å². The molecule has 0 saturated carbocycles. The maximum atomic E-state index is 13.1. The van der Waals surface area contributed by atoms with E-state index in [1.54, 1.807) is 30.6 Å². The van der Waals surface area contributed by atoms with E-state index in [1.807, 2.05) is 6.92 Å². The molecule has 2 aromatic rings. The standard InChI is InChI=1S/C13H13FN2O/c1-2-3-9-8-10(14)4-5-11(9)12(17)13-15-6-7-16-13/h2-8,12,17H,1H3,(H,15,16). The molecule has 0 aliphatic carbocycles. The Bertz CT molecular complexity index is 520. The summed E-state index contributed by atoms with van der Waals surface area (Å²) in [5, 5.41) is 10.1. The van der Waals surface area contributed by atoms with Gasteiger partial charge < -0.3 is 10.1 Å². The van der Waals surface area contributed by atoms with Crippen LogP contribution in [0.15, 0.2) is 36.7 Å². The first-order valence-corrected chi connectivity index (χ1v) is 5.32. The van der Waals surface area contributed by atoms with Crippen molar-refractivity contribution in [3.05, 3.63) is 59.4 Å². The molecule has 0 aliphatic rings. The summed E-state index contributed by atoms with van der Waals surface area (Å²) in [6.07, 6.45) is 5.88. The van der Waals surface area contributed by atoms with E-state index in [-0.39, 0.29) is 5.82 Å². The van der Waals surface area contributed by atoms with Crippen molar-refractivity contribution in [3.63, 3.8) is 0 Å². The fourth-order valence-corrected chi connectivity index (χ4v) is 1.69. The second-order valence-corrected chi connectivity index (χ2v) is 3.65. The van der Waals surface area contributed by atoms with Gasteiger partial charge in [0.05, 0.1) is 0 Å². The van der Waals surface area contributed by atoms with Crippen LogP contribution in [0.5, 0.6) is 0 Å². The average Bonchev–Trinajstić information content (AvgIpc) is 2.82. The van der Waals surface area contributed by atoms with Crippen LogP contribution in [-0.2, 0) is 0 Å². The van der Waals surface area contributed by atoms with Gasteiger partial charge in [-0.1, -0.05) is 18.2 Å². The second-order valence-electron chi connectivity index (χ2n) is 3.65. The van der Waals surface area contributed by atoms with Crippen LogP contribution in [0, 0.1) is 5.82 Å². The zero-order chi connectivity index (χ0) is 12.3. The highest BCUT2D eigenvalue weighted by molar-refractivity contribution is 5.55. The van der Waals surface area contributed by atoms with E-state index in [9.17, 15) is 9.50 Å². The van der Waals surface area contributed by atoms with Gasteiger partial charge in [-0.15, -0.1) is 0 Å². The number of benzene rings is 1. The quantitative estimate of drug-likeness (QED) is 0.854. The first-order chi connectivity index (χ1) is 8.22. The fraction of sp³-hybridized carbons (Fsp3) is 0.154. The molecule has 88 valence electrons. The summed E-state index contributed by atoms with van der Waals surface area (Å²) < 4.78 is 13.1. The van der Waals surface area contributed by atoms with Crippen LogP contribution in [0.1, 0.15) is 30.0 Å². The highest BCUT2D eigenvalue weighted by Gasteiger charge is 2.15. The number of aliphatic hydroxyl groups excluding tert-OH is 1. The third kappa shape index (κ3) is 2.42. The minimum Gasteiger partial charge on any atom is -0.380 e. The Morgan fingerprint density at radius 3 is 2.94 bits per heavy atom. The highest BCUT2D eigenvalue weighted by Crippen LogP contribution is 2.24. The van der Waals surface area contributed by atoms with Crippen molar-refractivity contribution in [1.82, 2.24) is 9.97 Å². The molecule has 2 rings (SSSR count). The maximum Gasteiger partial charge on any atom is 0.139 e. The molecule has 3 nitrogen and oxygen atoms in total. The molecule has 0 bridgehead atoms. The van der Waals surface area contributed by atoms with Gasteiger partial charge in [0.15, 0.2) is 0 Å². The van der Waals surface area contributed by atoms with Crippen LogP contribution < -0.4 is 0 Å². The lowest BCUT2D eigenvalue weighted by Crippen LogP contribution is -2.04. The molecular formula is C13H13FN2O. The highest BCUT2D eigenvalue weighted by atomic mass is 19.1. The Labute approximate surface area is 98.6 Å². The van der Waals surface area contributed by atoms with E-state index in [2.05, 4.69) is 9.97 Å². The van der Waals surface area contributed by atoms with Crippen LogP contribution >= 0.6 is 0 Å². The SMILES string of the molecule is CC=Cc1cc(F)ccc1C(O)c1ncc[nH]1. The van der Waals surface area contributed by atoms with Crippen molar-refractivity contribution in [1.29, 1.82) is 0 Å². The number of halogens is 1. The van der Waals surface area contributed by atoms with Gasteiger partial charge in [-0.25, -0.2) is 9.37 Å². The fourth-order valence-electron chi connectivity index (χ4n) is 1.69. The molecule has 0 amide bonds. The molecule has 1 heterocycles. The smallest absolute Gasteiger partial charge is 0.139 e. The minimum atomic E-state index is -0.878. The van der Waals surface area contributed by atoms with E-state index in [0.717, 1.165) is 0 Å². The number of aromatic nitrogens is 2. The van der Waals surface area contributed by atoms with E-state index < -0.39 is 6.10 Å². The first-order valence-electron chi connectivity index (χ1n) is 5.32. The Morgan fingerprint density at radius 1 is 1.47 bits per heavy atom. The van der Waals surface area contributed by atoms with Gasteiger partial charge in [-0.3, -0.25) is 0 Å². The minimum absolute atomic E-state index is 0.325. The lowest BCUT2D eigenvalue weighted by atomic mass is 10.0. The summed E-state index contributed by atoms with van der Waals surface area (Å²) in [6, 6.07) is 4.29. The average molecular weight is 232 g/mol. The lowest BCUT2D eigenvalue weighted by Gasteiger charge is -2.11. The van der Waals surface area contributed by atoms with Crippen LogP contribution in [0.2, 0.25) is 0 Å². The number of aromatic amines is 1. The summed E-state index contributed by atoms with van der Waals surface area (Å²) in [5.74, 6) is 0.121. The largest absolute Gasteiger partial charge is 0.380 e. The number of H-pyrrole nitrogens is 1. The molecule has 17 heavy (non-hydrogen) atoms. The number of allylic oxidation sites excluding steroid dienone is 1. The molecule has 2 N–H and O–H groups in total. The maximum absolute atomic E-state index is 13.1. The molecule has 0 aliphatic heterocycles. The van der Waals surface area contributed by atoms with E-state index in [1.165, 1.54) is 12.1 Å². The van der Waals surface area contributed by atoms with E-state index in [4.69, 9.17) is 0 Å². The van der Waals surface area contributed by atoms with Gasteiger partial charge in [-0.05, 0) is 30.2 Å². The predicted molar refractivity (Wildman–Crippen MR) is 63.8 cm³/mol. The third-order valence-electron chi connectivity index (χ3n) is 2.47.